The molecular formula is C10H22N2O2. The van der Waals surface area contributed by atoms with Crippen LogP contribution in [0.5, 0.6) is 0 Å². The molecule has 0 aliphatic heterocycles. The van der Waals surface area contributed by atoms with Crippen LogP contribution in [0.1, 0.15) is 26.7 Å². The minimum Gasteiger partial charge on any atom is -0.396 e. The smallest absolute Gasteiger partial charge is 0.238 e. The Labute approximate surface area is 86.3 Å². The lowest BCUT2D eigenvalue weighted by atomic mass is 10.1. The molecule has 0 aliphatic rings. The molecule has 0 fully saturated rings. The number of nitrogens with one attached hydrogen (secondary N) is 1. The Morgan fingerprint density at radius 2 is 2.00 bits per heavy atom. The topological polar surface area (TPSA) is 52.6 Å². The van der Waals surface area contributed by atoms with E-state index in [9.17, 15) is 4.79 Å². The van der Waals surface area contributed by atoms with Gasteiger partial charge in [-0.05, 0) is 26.7 Å². The van der Waals surface area contributed by atoms with Crippen molar-refractivity contribution in [1.29, 1.82) is 0 Å². The summed E-state index contributed by atoms with van der Waals surface area (Å²) in [5.41, 5.74) is 0. The first-order valence-electron chi connectivity index (χ1n) is 5.07. The fraction of sp³-hybridized carbons (Fsp3) is 0.900. The molecule has 4 heteroatoms. The number of hydrogen-bond acceptors (Lipinski definition) is 3. The quantitative estimate of drug-likeness (QED) is 0.647. The average molecular weight is 202 g/mol. The van der Waals surface area contributed by atoms with Crippen LogP contribution in [0.2, 0.25) is 0 Å². The summed E-state index contributed by atoms with van der Waals surface area (Å²) in [7, 11) is 3.50. The van der Waals surface area contributed by atoms with Crippen molar-refractivity contribution in [1.82, 2.24) is 10.2 Å². The molecule has 0 spiro atoms. The maximum Gasteiger partial charge on any atom is 0.238 e. The van der Waals surface area contributed by atoms with Gasteiger partial charge in [-0.1, -0.05) is 0 Å². The van der Waals surface area contributed by atoms with Crippen molar-refractivity contribution in [3.8, 4) is 0 Å². The molecule has 0 aromatic heterocycles. The lowest BCUT2D eigenvalue weighted by Crippen LogP contribution is -2.45. The van der Waals surface area contributed by atoms with Crippen LogP contribution < -0.4 is 5.32 Å². The van der Waals surface area contributed by atoms with Crippen molar-refractivity contribution in [3.63, 3.8) is 0 Å². The molecule has 2 unspecified atom stereocenters. The van der Waals surface area contributed by atoms with Crippen LogP contribution in [-0.4, -0.2) is 48.7 Å². The number of carbonyl (C=O) groups is 1. The molecule has 0 saturated carbocycles. The van der Waals surface area contributed by atoms with E-state index in [0.717, 1.165) is 12.8 Å². The molecule has 0 saturated heterocycles. The van der Waals surface area contributed by atoms with E-state index in [1.54, 1.807) is 19.0 Å². The van der Waals surface area contributed by atoms with Gasteiger partial charge in [-0.2, -0.15) is 0 Å². The molecule has 0 radical (unpaired) electrons. The number of rotatable bonds is 6. The Morgan fingerprint density at radius 1 is 1.43 bits per heavy atom. The van der Waals surface area contributed by atoms with Crippen LogP contribution in [0, 0.1) is 0 Å². The Morgan fingerprint density at radius 3 is 2.43 bits per heavy atom. The number of aliphatic hydroxyl groups excluding tert-OH is 1. The van der Waals surface area contributed by atoms with Crippen LogP contribution in [0.15, 0.2) is 0 Å². The Balaban J connectivity index is 3.80. The van der Waals surface area contributed by atoms with Gasteiger partial charge >= 0.3 is 0 Å². The van der Waals surface area contributed by atoms with E-state index in [0.29, 0.717) is 0 Å². The maximum absolute atomic E-state index is 11.5. The van der Waals surface area contributed by atoms with Gasteiger partial charge in [-0.3, -0.25) is 4.79 Å². The van der Waals surface area contributed by atoms with E-state index < -0.39 is 0 Å². The molecule has 0 aliphatic carbocycles. The van der Waals surface area contributed by atoms with Crippen molar-refractivity contribution in [2.24, 2.45) is 0 Å². The van der Waals surface area contributed by atoms with Crippen molar-refractivity contribution in [3.05, 3.63) is 0 Å². The summed E-state index contributed by atoms with van der Waals surface area (Å²) in [4.78, 5) is 13.0. The highest BCUT2D eigenvalue weighted by molar-refractivity contribution is 5.80. The zero-order valence-electron chi connectivity index (χ0n) is 9.58. The van der Waals surface area contributed by atoms with Crippen LogP contribution >= 0.6 is 0 Å². The molecule has 0 heterocycles. The van der Waals surface area contributed by atoms with Gasteiger partial charge < -0.3 is 15.3 Å². The van der Waals surface area contributed by atoms with E-state index in [2.05, 4.69) is 5.32 Å². The van der Waals surface area contributed by atoms with Crippen molar-refractivity contribution < 1.29 is 9.90 Å². The zero-order chi connectivity index (χ0) is 11.1. The van der Waals surface area contributed by atoms with E-state index in [1.165, 1.54) is 0 Å². The summed E-state index contributed by atoms with van der Waals surface area (Å²) in [6, 6.07) is 0.111. The second-order valence-corrected chi connectivity index (χ2v) is 3.89. The van der Waals surface area contributed by atoms with Gasteiger partial charge in [-0.25, -0.2) is 0 Å². The summed E-state index contributed by atoms with van der Waals surface area (Å²) < 4.78 is 0. The van der Waals surface area contributed by atoms with Gasteiger partial charge in [0, 0.05) is 26.7 Å². The number of hydrogen-bond donors (Lipinski definition) is 2. The highest BCUT2D eigenvalue weighted by Crippen LogP contribution is 1.98. The number of likely N-dealkylation sites (N-methyl/N-ethyl adjacent to an activating group) is 1. The van der Waals surface area contributed by atoms with Gasteiger partial charge in [0.2, 0.25) is 5.91 Å². The van der Waals surface area contributed by atoms with E-state index in [1.807, 2.05) is 13.8 Å². The van der Waals surface area contributed by atoms with Crippen LogP contribution in [0.4, 0.5) is 0 Å². The normalized spacial score (nSPS) is 14.9. The molecule has 1 amide bonds. The van der Waals surface area contributed by atoms with Crippen molar-refractivity contribution in [2.75, 3.05) is 20.7 Å². The highest BCUT2D eigenvalue weighted by Gasteiger charge is 2.16. The number of aliphatic hydroxyl groups is 1. The summed E-state index contributed by atoms with van der Waals surface area (Å²) in [6.45, 7) is 4.09. The molecule has 0 bridgehead atoms. The number of carbonyl (C=O) groups excluding carboxylic acids is 1. The van der Waals surface area contributed by atoms with Crippen molar-refractivity contribution in [2.45, 2.75) is 38.8 Å². The summed E-state index contributed by atoms with van der Waals surface area (Å²) in [6.07, 6.45) is 1.67. The predicted octanol–water partition coefficient (Wildman–Crippen LogP) is 0.214. The second kappa shape index (κ2) is 6.79. The van der Waals surface area contributed by atoms with Gasteiger partial charge in [0.15, 0.2) is 0 Å². The molecule has 2 N–H and O–H groups in total. The van der Waals surface area contributed by atoms with Crippen molar-refractivity contribution >= 4 is 5.91 Å². The summed E-state index contributed by atoms with van der Waals surface area (Å²) in [5.74, 6) is 0.0841. The molecule has 84 valence electrons. The first kappa shape index (κ1) is 13.4. The minimum atomic E-state index is -0.154. The molecule has 0 aromatic carbocycles. The van der Waals surface area contributed by atoms with Crippen LogP contribution in [-0.2, 0) is 4.79 Å². The lowest BCUT2D eigenvalue weighted by Gasteiger charge is -2.21. The standard InChI is InChI=1S/C10H22N2O2/c1-8(6-5-7-13)11-9(2)10(14)12(3)4/h8-9,11,13H,5-7H2,1-4H3. The fourth-order valence-corrected chi connectivity index (χ4v) is 1.37. The molecule has 0 aromatic rings. The Hall–Kier alpha value is -0.610. The van der Waals surface area contributed by atoms with Gasteiger partial charge in [0.25, 0.3) is 0 Å². The first-order chi connectivity index (χ1) is 6.49. The SMILES string of the molecule is CC(CCCO)NC(C)C(=O)N(C)C. The number of nitrogens with zero attached hydrogens (tertiary/aromatic N) is 1. The fourth-order valence-electron chi connectivity index (χ4n) is 1.37. The largest absolute Gasteiger partial charge is 0.396 e. The van der Waals surface area contributed by atoms with Crippen LogP contribution in [0.3, 0.4) is 0 Å². The molecule has 2 atom stereocenters. The molecule has 0 rings (SSSR count). The van der Waals surface area contributed by atoms with E-state index in [-0.39, 0.29) is 24.6 Å². The predicted molar refractivity (Wildman–Crippen MR) is 57.1 cm³/mol. The Kier molecular flexibility index (Phi) is 6.49. The van der Waals surface area contributed by atoms with Crippen LogP contribution in [0.25, 0.3) is 0 Å². The molecule has 14 heavy (non-hydrogen) atoms. The third-order valence-corrected chi connectivity index (χ3v) is 2.14. The highest BCUT2D eigenvalue weighted by atomic mass is 16.2. The number of amides is 1. The van der Waals surface area contributed by atoms with E-state index >= 15 is 0 Å². The third kappa shape index (κ3) is 5.19. The van der Waals surface area contributed by atoms with Gasteiger partial charge in [0.05, 0.1) is 6.04 Å². The second-order valence-electron chi connectivity index (χ2n) is 3.89. The lowest BCUT2D eigenvalue weighted by molar-refractivity contribution is -0.130. The maximum atomic E-state index is 11.5. The molecule has 4 nitrogen and oxygen atoms in total. The third-order valence-electron chi connectivity index (χ3n) is 2.14. The van der Waals surface area contributed by atoms with E-state index in [4.69, 9.17) is 5.11 Å². The zero-order valence-corrected chi connectivity index (χ0v) is 9.58. The van der Waals surface area contributed by atoms with Gasteiger partial charge in [0.1, 0.15) is 0 Å². The van der Waals surface area contributed by atoms with Gasteiger partial charge in [-0.15, -0.1) is 0 Å². The first-order valence-corrected chi connectivity index (χ1v) is 5.07. The average Bonchev–Trinajstić information content (AvgIpc) is 2.13. The Bertz CT molecular complexity index is 172. The summed E-state index contributed by atoms with van der Waals surface area (Å²) >= 11 is 0. The minimum absolute atomic E-state index is 0.0841. The summed E-state index contributed by atoms with van der Waals surface area (Å²) in [5, 5.41) is 11.8. The molecular weight excluding hydrogens is 180 g/mol. The monoisotopic (exact) mass is 202 g/mol.